The molecular weight excluding hydrogens is 471 g/mol. The van der Waals surface area contributed by atoms with E-state index in [4.69, 9.17) is 4.74 Å². The van der Waals surface area contributed by atoms with Gasteiger partial charge in [0.15, 0.2) is 0 Å². The summed E-state index contributed by atoms with van der Waals surface area (Å²) in [7, 11) is 0. The van der Waals surface area contributed by atoms with Gasteiger partial charge in [0.25, 0.3) is 0 Å². The van der Waals surface area contributed by atoms with Crippen molar-refractivity contribution in [2.45, 2.75) is 26.4 Å². The van der Waals surface area contributed by atoms with Crippen LogP contribution in [-0.4, -0.2) is 25.5 Å². The summed E-state index contributed by atoms with van der Waals surface area (Å²) in [6.45, 7) is 6.36. The molecule has 0 spiro atoms. The first-order chi connectivity index (χ1) is 16.8. The summed E-state index contributed by atoms with van der Waals surface area (Å²) in [6, 6.07) is 18.1. The minimum Gasteiger partial charge on any atom is -0.494 e. The molecule has 7 heteroatoms. The number of hydrogen-bond donors (Lipinski definition) is 1. The predicted octanol–water partition coefficient (Wildman–Crippen LogP) is 7.50. The van der Waals surface area contributed by atoms with Crippen LogP contribution in [0.15, 0.2) is 66.7 Å². The smallest absolute Gasteiger partial charge is 0.417 e. The lowest BCUT2D eigenvalue weighted by atomic mass is 9.95. The predicted molar refractivity (Wildman–Crippen MR) is 136 cm³/mol. The molecule has 0 aliphatic rings. The number of rotatable bonds is 9. The molecule has 0 bridgehead atoms. The van der Waals surface area contributed by atoms with Gasteiger partial charge >= 0.3 is 6.18 Å². The van der Waals surface area contributed by atoms with Crippen LogP contribution >= 0.6 is 11.3 Å². The van der Waals surface area contributed by atoms with Gasteiger partial charge in [-0.15, -0.1) is 11.3 Å². The third-order valence-electron chi connectivity index (χ3n) is 5.69. The van der Waals surface area contributed by atoms with Crippen LogP contribution in [0.5, 0.6) is 5.75 Å². The largest absolute Gasteiger partial charge is 0.494 e. The zero-order chi connectivity index (χ0) is 25.0. The number of alkyl halides is 3. The fraction of sp³-hybridized carbons (Fsp3) is 0.250. The number of hydrogen-bond acceptors (Lipinski definition) is 4. The number of nitrogens with one attached hydrogen (secondary N) is 1. The van der Waals surface area contributed by atoms with Crippen molar-refractivity contribution in [1.29, 1.82) is 0 Å². The highest BCUT2D eigenvalue weighted by Crippen LogP contribution is 2.42. The molecule has 0 unspecified atom stereocenters. The van der Waals surface area contributed by atoms with Gasteiger partial charge in [0.1, 0.15) is 5.75 Å². The molecule has 3 nitrogen and oxygen atoms in total. The van der Waals surface area contributed by atoms with Crippen molar-refractivity contribution in [2.24, 2.45) is 0 Å². The minimum absolute atomic E-state index is 0.293. The zero-order valence-electron chi connectivity index (χ0n) is 19.5. The number of ketones is 1. The van der Waals surface area contributed by atoms with Gasteiger partial charge in [-0.3, -0.25) is 4.79 Å². The van der Waals surface area contributed by atoms with Gasteiger partial charge in [-0.05, 0) is 61.8 Å². The molecule has 35 heavy (non-hydrogen) atoms. The van der Waals surface area contributed by atoms with Crippen LogP contribution in [-0.2, 0) is 6.18 Å². The van der Waals surface area contributed by atoms with Gasteiger partial charge in [-0.1, -0.05) is 49.4 Å². The molecule has 3 aromatic carbocycles. The monoisotopic (exact) mass is 497 g/mol. The van der Waals surface area contributed by atoms with Crippen LogP contribution in [0, 0.1) is 6.92 Å². The summed E-state index contributed by atoms with van der Waals surface area (Å²) in [5, 5.41) is 4.09. The Morgan fingerprint density at radius 3 is 2.49 bits per heavy atom. The number of benzene rings is 3. The summed E-state index contributed by atoms with van der Waals surface area (Å²) in [5.41, 5.74) is 1.15. The maximum atomic E-state index is 13.7. The molecule has 0 saturated carbocycles. The van der Waals surface area contributed by atoms with Crippen molar-refractivity contribution < 1.29 is 22.7 Å². The maximum Gasteiger partial charge on any atom is 0.417 e. The molecule has 0 aliphatic carbocycles. The van der Waals surface area contributed by atoms with E-state index in [-0.39, 0.29) is 5.56 Å². The topological polar surface area (TPSA) is 38.3 Å². The second-order valence-corrected chi connectivity index (χ2v) is 9.31. The van der Waals surface area contributed by atoms with Gasteiger partial charge in [-0.25, -0.2) is 0 Å². The quantitative estimate of drug-likeness (QED) is 0.192. The summed E-state index contributed by atoms with van der Waals surface area (Å²) in [4.78, 5) is 13.8. The molecule has 1 heterocycles. The van der Waals surface area contributed by atoms with E-state index < -0.39 is 17.5 Å². The van der Waals surface area contributed by atoms with Crippen LogP contribution < -0.4 is 10.1 Å². The molecule has 4 aromatic rings. The van der Waals surface area contributed by atoms with E-state index in [2.05, 4.69) is 12.2 Å². The van der Waals surface area contributed by atoms with E-state index >= 15 is 0 Å². The van der Waals surface area contributed by atoms with E-state index in [1.54, 1.807) is 0 Å². The second-order valence-electron chi connectivity index (χ2n) is 8.26. The Kier molecular flexibility index (Phi) is 7.57. The number of aryl methyl sites for hydroxylation is 1. The third kappa shape index (κ3) is 5.57. The Labute approximate surface area is 206 Å². The highest BCUT2D eigenvalue weighted by molar-refractivity contribution is 7.21. The van der Waals surface area contributed by atoms with Gasteiger partial charge in [-0.2, -0.15) is 13.2 Å². The first-order valence-electron chi connectivity index (χ1n) is 11.5. The van der Waals surface area contributed by atoms with Crippen molar-refractivity contribution in [3.8, 4) is 16.9 Å². The minimum atomic E-state index is -4.62. The highest BCUT2D eigenvalue weighted by atomic mass is 32.1. The summed E-state index contributed by atoms with van der Waals surface area (Å²) in [6.07, 6.45) is -3.74. The number of carbonyl (C=O) groups is 1. The van der Waals surface area contributed by atoms with Crippen LogP contribution in [0.25, 0.3) is 21.2 Å². The molecule has 182 valence electrons. The lowest BCUT2D eigenvalue weighted by Gasteiger charge is -2.12. The number of fused-ring (bicyclic) bond motifs is 1. The maximum absolute atomic E-state index is 13.7. The van der Waals surface area contributed by atoms with Crippen molar-refractivity contribution >= 4 is 27.2 Å². The van der Waals surface area contributed by atoms with E-state index in [0.717, 1.165) is 46.8 Å². The zero-order valence-corrected chi connectivity index (χ0v) is 20.4. The van der Waals surface area contributed by atoms with Crippen LogP contribution in [0.2, 0.25) is 0 Å². The van der Waals surface area contributed by atoms with E-state index in [1.807, 2.05) is 49.4 Å². The first kappa shape index (κ1) is 24.9. The Bertz CT molecular complexity index is 1330. The van der Waals surface area contributed by atoms with Crippen molar-refractivity contribution in [3.05, 3.63) is 88.3 Å². The SMILES string of the molecule is CCNCCCOc1ccc(-c2c(C(=O)c3ccccc3C(F)(F)F)sc3cc(C)ccc23)cc1. The average molecular weight is 498 g/mol. The molecule has 0 radical (unpaired) electrons. The van der Waals surface area contributed by atoms with Crippen LogP contribution in [0.1, 0.15) is 39.7 Å². The average Bonchev–Trinajstić information content (AvgIpc) is 3.22. The van der Waals surface area contributed by atoms with Crippen molar-refractivity contribution in [1.82, 2.24) is 5.32 Å². The van der Waals surface area contributed by atoms with Crippen molar-refractivity contribution in [3.63, 3.8) is 0 Å². The Balaban J connectivity index is 1.73. The lowest BCUT2D eigenvalue weighted by Crippen LogP contribution is -2.16. The van der Waals surface area contributed by atoms with E-state index in [9.17, 15) is 18.0 Å². The molecule has 1 N–H and O–H groups in total. The highest BCUT2D eigenvalue weighted by Gasteiger charge is 2.36. The molecule has 0 aliphatic heterocycles. The molecule has 4 rings (SSSR count). The molecule has 0 fully saturated rings. The second kappa shape index (κ2) is 10.6. The molecule has 0 atom stereocenters. The summed E-state index contributed by atoms with van der Waals surface area (Å²) < 4.78 is 47.6. The first-order valence-corrected chi connectivity index (χ1v) is 12.3. The molecule has 1 aromatic heterocycles. The fourth-order valence-corrected chi connectivity index (χ4v) is 5.26. The van der Waals surface area contributed by atoms with Crippen LogP contribution in [0.3, 0.4) is 0 Å². The van der Waals surface area contributed by atoms with E-state index in [0.29, 0.717) is 22.8 Å². The Hall–Kier alpha value is -3.16. The Morgan fingerprint density at radius 1 is 1.03 bits per heavy atom. The number of carbonyl (C=O) groups excluding carboxylic acids is 1. The number of thiophene rings is 1. The third-order valence-corrected chi connectivity index (χ3v) is 6.84. The van der Waals surface area contributed by atoms with Gasteiger partial charge in [0, 0.05) is 21.2 Å². The van der Waals surface area contributed by atoms with Crippen molar-refractivity contribution in [2.75, 3.05) is 19.7 Å². The summed E-state index contributed by atoms with van der Waals surface area (Å²) in [5.74, 6) is 0.0754. The standard InChI is InChI=1S/C28H26F3NO2S/c1-3-32-15-6-16-34-20-12-10-19(11-13-20)25-22-14-9-18(2)17-24(22)35-27(25)26(33)21-7-4-5-8-23(21)28(29,30)31/h4-5,7-14,17,32H,3,6,15-16H2,1-2H3. The molecular formula is C28H26F3NO2S. The van der Waals surface area contributed by atoms with Gasteiger partial charge < -0.3 is 10.1 Å². The Morgan fingerprint density at radius 2 is 1.77 bits per heavy atom. The van der Waals surface area contributed by atoms with Gasteiger partial charge in [0.05, 0.1) is 17.0 Å². The lowest BCUT2D eigenvalue weighted by molar-refractivity contribution is -0.137. The van der Waals surface area contributed by atoms with E-state index in [1.165, 1.54) is 29.5 Å². The summed E-state index contributed by atoms with van der Waals surface area (Å²) >= 11 is 1.23. The number of ether oxygens (including phenoxy) is 1. The van der Waals surface area contributed by atoms with Gasteiger partial charge in [0.2, 0.25) is 5.78 Å². The molecule has 0 amide bonds. The van der Waals surface area contributed by atoms with Crippen LogP contribution in [0.4, 0.5) is 13.2 Å². The molecule has 0 saturated heterocycles. The number of halogens is 3. The normalized spacial score (nSPS) is 11.7. The fourth-order valence-electron chi connectivity index (χ4n) is 3.98.